The molecular formula is C29H34IN3O4S. The highest BCUT2D eigenvalue weighted by atomic mass is 127. The van der Waals surface area contributed by atoms with E-state index in [-0.39, 0.29) is 23.4 Å². The van der Waals surface area contributed by atoms with Gasteiger partial charge >= 0.3 is 0 Å². The SMILES string of the molecule is CC[C@@H](C)NC(=O)[C@@H](C)N(Cc1ccc(C)cc1)C(=O)CN(c1ccc(I)cc1)S(=O)(=O)c1ccccc1. The van der Waals surface area contributed by atoms with Gasteiger partial charge in [-0.3, -0.25) is 13.9 Å². The summed E-state index contributed by atoms with van der Waals surface area (Å²) in [6.45, 7) is 7.23. The summed E-state index contributed by atoms with van der Waals surface area (Å²) in [5.74, 6) is -0.762. The Morgan fingerprint density at radius 3 is 2.11 bits per heavy atom. The van der Waals surface area contributed by atoms with Gasteiger partial charge in [-0.1, -0.05) is 55.0 Å². The lowest BCUT2D eigenvalue weighted by atomic mass is 10.1. The normalized spacial score (nSPS) is 12.9. The highest BCUT2D eigenvalue weighted by molar-refractivity contribution is 14.1. The van der Waals surface area contributed by atoms with Crippen molar-refractivity contribution in [1.29, 1.82) is 0 Å². The molecule has 3 rings (SSSR count). The molecule has 0 saturated heterocycles. The lowest BCUT2D eigenvalue weighted by molar-refractivity contribution is -0.139. The van der Waals surface area contributed by atoms with Gasteiger partial charge in [0.05, 0.1) is 10.6 Å². The van der Waals surface area contributed by atoms with Crippen LogP contribution < -0.4 is 9.62 Å². The van der Waals surface area contributed by atoms with Crippen LogP contribution in [0.3, 0.4) is 0 Å². The zero-order chi connectivity index (χ0) is 27.9. The predicted octanol–water partition coefficient (Wildman–Crippen LogP) is 5.13. The second kappa shape index (κ2) is 13.2. The van der Waals surface area contributed by atoms with Gasteiger partial charge in [-0.05, 0) is 91.7 Å². The highest BCUT2D eigenvalue weighted by Crippen LogP contribution is 2.25. The summed E-state index contributed by atoms with van der Waals surface area (Å²) in [7, 11) is -4.06. The number of amides is 2. The average molecular weight is 648 g/mol. The first-order valence-electron chi connectivity index (χ1n) is 12.5. The van der Waals surface area contributed by atoms with Crippen LogP contribution in [0, 0.1) is 10.5 Å². The first kappa shape index (κ1) is 29.6. The monoisotopic (exact) mass is 647 g/mol. The number of carbonyl (C=O) groups is 2. The Balaban J connectivity index is 2.00. The number of anilines is 1. The molecule has 2 atom stereocenters. The van der Waals surface area contributed by atoms with Crippen molar-refractivity contribution in [2.45, 2.75) is 57.6 Å². The van der Waals surface area contributed by atoms with E-state index in [0.717, 1.165) is 25.4 Å². The third-order valence-corrected chi connectivity index (χ3v) is 8.87. The molecule has 38 heavy (non-hydrogen) atoms. The number of aryl methyl sites for hydroxylation is 1. The van der Waals surface area contributed by atoms with E-state index in [9.17, 15) is 18.0 Å². The number of sulfonamides is 1. The Hall–Kier alpha value is -2.92. The third-order valence-electron chi connectivity index (χ3n) is 6.37. The number of benzene rings is 3. The fourth-order valence-corrected chi connectivity index (χ4v) is 5.59. The van der Waals surface area contributed by atoms with E-state index in [2.05, 4.69) is 27.9 Å². The van der Waals surface area contributed by atoms with Crippen molar-refractivity contribution in [2.75, 3.05) is 10.8 Å². The maximum absolute atomic E-state index is 13.9. The molecule has 7 nitrogen and oxygen atoms in total. The topological polar surface area (TPSA) is 86.8 Å². The lowest BCUT2D eigenvalue weighted by Crippen LogP contribution is -2.52. The smallest absolute Gasteiger partial charge is 0.264 e. The van der Waals surface area contributed by atoms with Crippen molar-refractivity contribution in [3.8, 4) is 0 Å². The molecule has 2 amide bonds. The Kier molecular flexibility index (Phi) is 10.3. The molecule has 0 spiro atoms. The summed E-state index contributed by atoms with van der Waals surface area (Å²) in [6.07, 6.45) is 0.750. The van der Waals surface area contributed by atoms with Gasteiger partial charge < -0.3 is 10.2 Å². The van der Waals surface area contributed by atoms with Crippen LogP contribution >= 0.6 is 22.6 Å². The fourth-order valence-electron chi connectivity index (χ4n) is 3.79. The predicted molar refractivity (Wildman–Crippen MR) is 159 cm³/mol. The molecule has 202 valence electrons. The molecule has 0 aliphatic rings. The van der Waals surface area contributed by atoms with E-state index in [1.165, 1.54) is 17.0 Å². The minimum Gasteiger partial charge on any atom is -0.352 e. The molecule has 0 unspecified atom stereocenters. The number of nitrogens with zero attached hydrogens (tertiary/aromatic N) is 2. The van der Waals surface area contributed by atoms with Gasteiger partial charge in [0.25, 0.3) is 10.0 Å². The van der Waals surface area contributed by atoms with Crippen LogP contribution in [0.1, 0.15) is 38.3 Å². The van der Waals surface area contributed by atoms with Crippen LogP contribution in [0.25, 0.3) is 0 Å². The van der Waals surface area contributed by atoms with Crippen LogP contribution in [-0.4, -0.2) is 43.8 Å². The first-order valence-corrected chi connectivity index (χ1v) is 15.0. The number of hydrogen-bond acceptors (Lipinski definition) is 4. The van der Waals surface area contributed by atoms with Crippen molar-refractivity contribution in [3.63, 3.8) is 0 Å². The summed E-state index contributed by atoms with van der Waals surface area (Å²) in [4.78, 5) is 28.5. The third kappa shape index (κ3) is 7.57. The van der Waals surface area contributed by atoms with Gasteiger partial charge in [-0.25, -0.2) is 8.42 Å². The Morgan fingerprint density at radius 1 is 0.921 bits per heavy atom. The highest BCUT2D eigenvalue weighted by Gasteiger charge is 2.32. The van der Waals surface area contributed by atoms with E-state index < -0.39 is 28.5 Å². The number of halogens is 1. The standard InChI is InChI=1S/C29H34IN3O4S/c1-5-22(3)31-29(35)23(4)32(19-24-13-11-21(2)12-14-24)28(34)20-33(26-17-15-25(30)16-18-26)38(36,37)27-9-7-6-8-10-27/h6-18,22-23H,5,19-20H2,1-4H3,(H,31,35)/t22-,23-/m1/s1. The van der Waals surface area contributed by atoms with Gasteiger partial charge in [0.2, 0.25) is 11.8 Å². The van der Waals surface area contributed by atoms with Crippen LogP contribution in [0.2, 0.25) is 0 Å². The van der Waals surface area contributed by atoms with Gasteiger partial charge in [-0.2, -0.15) is 0 Å². The molecule has 3 aromatic carbocycles. The molecule has 0 aliphatic carbocycles. The van der Waals surface area contributed by atoms with Gasteiger partial charge in [0.15, 0.2) is 0 Å². The molecule has 0 aliphatic heterocycles. The van der Waals surface area contributed by atoms with Crippen molar-refractivity contribution in [2.24, 2.45) is 0 Å². The van der Waals surface area contributed by atoms with Gasteiger partial charge in [0, 0.05) is 16.2 Å². The molecule has 0 heterocycles. The number of nitrogens with one attached hydrogen (secondary N) is 1. The maximum Gasteiger partial charge on any atom is 0.264 e. The molecule has 0 bridgehead atoms. The van der Waals surface area contributed by atoms with Crippen molar-refractivity contribution < 1.29 is 18.0 Å². The molecule has 9 heteroatoms. The minimum atomic E-state index is -4.06. The van der Waals surface area contributed by atoms with E-state index >= 15 is 0 Å². The molecule has 1 N–H and O–H groups in total. The quantitative estimate of drug-likeness (QED) is 0.293. The number of rotatable bonds is 11. The minimum absolute atomic E-state index is 0.0528. The first-order chi connectivity index (χ1) is 18.0. The maximum atomic E-state index is 13.9. The number of carbonyl (C=O) groups excluding carboxylic acids is 2. The zero-order valence-corrected chi connectivity index (χ0v) is 25.1. The van der Waals surface area contributed by atoms with Crippen molar-refractivity contribution in [3.05, 3.63) is 93.6 Å². The Morgan fingerprint density at radius 2 is 1.53 bits per heavy atom. The zero-order valence-electron chi connectivity index (χ0n) is 22.1. The molecule has 0 aromatic heterocycles. The van der Waals surface area contributed by atoms with E-state index in [0.29, 0.717) is 5.69 Å². The molecule has 0 fully saturated rings. The van der Waals surface area contributed by atoms with Crippen molar-refractivity contribution >= 4 is 50.1 Å². The lowest BCUT2D eigenvalue weighted by Gasteiger charge is -2.32. The summed E-state index contributed by atoms with van der Waals surface area (Å²) in [6, 6.07) is 21.8. The second-order valence-electron chi connectivity index (χ2n) is 9.30. The van der Waals surface area contributed by atoms with Gasteiger partial charge in [-0.15, -0.1) is 0 Å². The van der Waals surface area contributed by atoms with Crippen LogP contribution in [0.5, 0.6) is 0 Å². The molecule has 3 aromatic rings. The molecule has 0 saturated carbocycles. The summed E-state index contributed by atoms with van der Waals surface area (Å²) in [5, 5.41) is 2.94. The Bertz CT molecular complexity index is 1330. The molecule has 0 radical (unpaired) electrons. The summed E-state index contributed by atoms with van der Waals surface area (Å²) in [5.41, 5.74) is 2.29. The van der Waals surface area contributed by atoms with Crippen molar-refractivity contribution in [1.82, 2.24) is 10.2 Å². The van der Waals surface area contributed by atoms with E-state index in [4.69, 9.17) is 0 Å². The fraction of sp³-hybridized carbons (Fsp3) is 0.310. The van der Waals surface area contributed by atoms with Crippen LogP contribution in [0.15, 0.2) is 83.8 Å². The van der Waals surface area contributed by atoms with E-state index in [1.807, 2.05) is 45.0 Å². The average Bonchev–Trinajstić information content (AvgIpc) is 2.91. The van der Waals surface area contributed by atoms with Crippen LogP contribution in [-0.2, 0) is 26.2 Å². The summed E-state index contributed by atoms with van der Waals surface area (Å²) >= 11 is 2.14. The number of hydrogen-bond donors (Lipinski definition) is 1. The summed E-state index contributed by atoms with van der Waals surface area (Å²) < 4.78 is 29.5. The largest absolute Gasteiger partial charge is 0.352 e. The van der Waals surface area contributed by atoms with Gasteiger partial charge in [0.1, 0.15) is 12.6 Å². The van der Waals surface area contributed by atoms with E-state index in [1.54, 1.807) is 49.4 Å². The second-order valence-corrected chi connectivity index (χ2v) is 12.4. The van der Waals surface area contributed by atoms with Crippen LogP contribution in [0.4, 0.5) is 5.69 Å². The Labute approximate surface area is 239 Å². The molecular weight excluding hydrogens is 613 g/mol.